The van der Waals surface area contributed by atoms with Gasteiger partial charge in [-0.15, -0.1) is 0 Å². The van der Waals surface area contributed by atoms with Gasteiger partial charge in [-0.05, 0) is 26.8 Å². The summed E-state index contributed by atoms with van der Waals surface area (Å²) in [7, 11) is 1.99. The molecule has 0 radical (unpaired) electrons. The van der Waals surface area contributed by atoms with Crippen LogP contribution >= 0.6 is 0 Å². The first kappa shape index (κ1) is 12.8. The van der Waals surface area contributed by atoms with Crippen LogP contribution in [0.5, 0.6) is 0 Å². The molecule has 0 aromatic carbocycles. The molecule has 0 spiro atoms. The van der Waals surface area contributed by atoms with Crippen LogP contribution in [0.4, 0.5) is 13.2 Å². The molecule has 2 nitrogen and oxygen atoms in total. The third kappa shape index (κ3) is 4.38. The monoisotopic (exact) mass is 224 g/mol. The summed E-state index contributed by atoms with van der Waals surface area (Å²) in [6, 6.07) is 0.741. The van der Waals surface area contributed by atoms with Gasteiger partial charge in [0.05, 0.1) is 6.54 Å². The molecule has 15 heavy (non-hydrogen) atoms. The number of rotatable bonds is 5. The minimum absolute atomic E-state index is 0.164. The molecule has 0 heterocycles. The molecule has 1 saturated carbocycles. The molecule has 1 N–H and O–H groups in total. The van der Waals surface area contributed by atoms with Crippen LogP contribution in [0.25, 0.3) is 0 Å². The molecule has 5 heteroatoms. The van der Waals surface area contributed by atoms with Crippen LogP contribution in [0.15, 0.2) is 0 Å². The lowest BCUT2D eigenvalue weighted by Gasteiger charge is -2.38. The Balaban J connectivity index is 2.14. The summed E-state index contributed by atoms with van der Waals surface area (Å²) in [5, 5.41) is 2.44. The van der Waals surface area contributed by atoms with Crippen molar-refractivity contribution in [2.45, 2.75) is 44.4 Å². The second-order valence-corrected chi connectivity index (χ2v) is 4.35. The normalized spacial score (nSPS) is 20.4. The van der Waals surface area contributed by atoms with Gasteiger partial charge < -0.3 is 5.32 Å². The molecule has 0 amide bonds. The van der Waals surface area contributed by atoms with Gasteiger partial charge in [-0.25, -0.2) is 0 Å². The zero-order valence-electron chi connectivity index (χ0n) is 9.27. The van der Waals surface area contributed by atoms with E-state index in [0.717, 1.165) is 0 Å². The Morgan fingerprint density at radius 1 is 1.40 bits per heavy atom. The van der Waals surface area contributed by atoms with Gasteiger partial charge in [0.2, 0.25) is 0 Å². The lowest BCUT2D eigenvalue weighted by molar-refractivity contribution is -0.125. The number of halogens is 3. The Morgan fingerprint density at radius 2 is 2.00 bits per heavy atom. The van der Waals surface area contributed by atoms with E-state index in [9.17, 15) is 13.2 Å². The number of hydrogen-bond donors (Lipinski definition) is 1. The van der Waals surface area contributed by atoms with Crippen LogP contribution in [0, 0.1) is 0 Å². The highest BCUT2D eigenvalue weighted by Crippen LogP contribution is 2.24. The van der Waals surface area contributed by atoms with E-state index < -0.39 is 12.7 Å². The molecular weight excluding hydrogens is 205 g/mol. The molecule has 0 aromatic rings. The Hall–Kier alpha value is -0.290. The van der Waals surface area contributed by atoms with Crippen LogP contribution in [0.1, 0.15) is 26.2 Å². The first-order valence-corrected chi connectivity index (χ1v) is 5.39. The van der Waals surface area contributed by atoms with Crippen molar-refractivity contribution in [1.29, 1.82) is 0 Å². The highest BCUT2D eigenvalue weighted by Gasteiger charge is 2.28. The Labute approximate surface area is 88.8 Å². The average molecular weight is 224 g/mol. The van der Waals surface area contributed by atoms with Gasteiger partial charge in [-0.2, -0.15) is 13.2 Å². The number of nitrogens with zero attached hydrogens (tertiary/aromatic N) is 1. The topological polar surface area (TPSA) is 15.3 Å². The molecule has 1 rings (SSSR count). The second-order valence-electron chi connectivity index (χ2n) is 4.35. The Kier molecular flexibility index (Phi) is 4.40. The van der Waals surface area contributed by atoms with Gasteiger partial charge in [0.1, 0.15) is 0 Å². The first-order chi connectivity index (χ1) is 6.90. The lowest BCUT2D eigenvalue weighted by atomic mass is 9.91. The lowest BCUT2D eigenvalue weighted by Crippen LogP contribution is -2.47. The standard InChI is InChI=1S/C10H19F3N2/c1-8(6-14-7-10(11,12)13)15(2)9-4-3-5-9/h8-9,14H,3-7H2,1-2H3. The fourth-order valence-electron chi connectivity index (χ4n) is 1.72. The first-order valence-electron chi connectivity index (χ1n) is 5.39. The van der Waals surface area contributed by atoms with E-state index in [1.54, 1.807) is 0 Å². The maximum atomic E-state index is 11.9. The predicted molar refractivity (Wildman–Crippen MR) is 53.8 cm³/mol. The van der Waals surface area contributed by atoms with Gasteiger partial charge in [-0.3, -0.25) is 4.90 Å². The van der Waals surface area contributed by atoms with Gasteiger partial charge in [0.15, 0.2) is 0 Å². The van der Waals surface area contributed by atoms with E-state index in [1.807, 2.05) is 14.0 Å². The van der Waals surface area contributed by atoms with Gasteiger partial charge >= 0.3 is 6.18 Å². The maximum absolute atomic E-state index is 11.9. The molecule has 1 aliphatic carbocycles. The smallest absolute Gasteiger partial charge is 0.307 e. The summed E-state index contributed by atoms with van der Waals surface area (Å²) in [5.74, 6) is 0. The molecule has 1 fully saturated rings. The van der Waals surface area contributed by atoms with Gasteiger partial charge in [0, 0.05) is 18.6 Å². The minimum Gasteiger partial charge on any atom is -0.307 e. The summed E-state index contributed by atoms with van der Waals surface area (Å²) in [6.45, 7) is 1.46. The zero-order valence-corrected chi connectivity index (χ0v) is 9.27. The van der Waals surface area contributed by atoms with Crippen LogP contribution in [-0.4, -0.2) is 43.3 Å². The van der Waals surface area contributed by atoms with E-state index in [2.05, 4.69) is 10.2 Å². The molecule has 1 aliphatic rings. The number of likely N-dealkylation sites (N-methyl/N-ethyl adjacent to an activating group) is 1. The van der Waals surface area contributed by atoms with Gasteiger partial charge in [0.25, 0.3) is 0 Å². The van der Waals surface area contributed by atoms with E-state index in [4.69, 9.17) is 0 Å². The number of alkyl halides is 3. The second kappa shape index (κ2) is 5.16. The van der Waals surface area contributed by atoms with E-state index in [1.165, 1.54) is 19.3 Å². The molecule has 90 valence electrons. The van der Waals surface area contributed by atoms with Gasteiger partial charge in [-0.1, -0.05) is 6.42 Å². The fourth-order valence-corrected chi connectivity index (χ4v) is 1.72. The van der Waals surface area contributed by atoms with E-state index in [-0.39, 0.29) is 6.04 Å². The molecule has 1 atom stereocenters. The summed E-state index contributed by atoms with van der Waals surface area (Å²) >= 11 is 0. The zero-order chi connectivity index (χ0) is 11.5. The van der Waals surface area contributed by atoms with Crippen molar-refractivity contribution >= 4 is 0 Å². The molecule has 1 unspecified atom stereocenters. The number of hydrogen-bond acceptors (Lipinski definition) is 2. The van der Waals surface area contributed by atoms with Crippen molar-refractivity contribution in [1.82, 2.24) is 10.2 Å². The third-order valence-corrected chi connectivity index (χ3v) is 3.11. The van der Waals surface area contributed by atoms with Crippen LogP contribution in [-0.2, 0) is 0 Å². The Morgan fingerprint density at radius 3 is 2.40 bits per heavy atom. The van der Waals surface area contributed by atoms with Crippen molar-refractivity contribution in [2.24, 2.45) is 0 Å². The van der Waals surface area contributed by atoms with Crippen molar-refractivity contribution in [3.05, 3.63) is 0 Å². The summed E-state index contributed by atoms with van der Waals surface area (Å²) < 4.78 is 35.6. The SMILES string of the molecule is CC(CNCC(F)(F)F)N(C)C1CCC1. The maximum Gasteiger partial charge on any atom is 0.401 e. The summed E-state index contributed by atoms with van der Waals surface area (Å²) in [6.07, 6.45) is -0.493. The Bertz CT molecular complexity index is 190. The molecular formula is C10H19F3N2. The molecule has 0 saturated heterocycles. The average Bonchev–Trinajstić information content (AvgIpc) is 1.98. The third-order valence-electron chi connectivity index (χ3n) is 3.11. The largest absolute Gasteiger partial charge is 0.401 e. The predicted octanol–water partition coefficient (Wildman–Crippen LogP) is 2.01. The van der Waals surface area contributed by atoms with Crippen LogP contribution < -0.4 is 5.32 Å². The van der Waals surface area contributed by atoms with E-state index in [0.29, 0.717) is 12.6 Å². The summed E-state index contributed by atoms with van der Waals surface area (Å²) in [5.41, 5.74) is 0. The van der Waals surface area contributed by atoms with Crippen LogP contribution in [0.3, 0.4) is 0 Å². The molecule has 0 aliphatic heterocycles. The van der Waals surface area contributed by atoms with Crippen molar-refractivity contribution in [3.8, 4) is 0 Å². The van der Waals surface area contributed by atoms with Crippen molar-refractivity contribution in [3.63, 3.8) is 0 Å². The quantitative estimate of drug-likeness (QED) is 0.768. The molecule has 0 bridgehead atoms. The van der Waals surface area contributed by atoms with Crippen molar-refractivity contribution < 1.29 is 13.2 Å². The fraction of sp³-hybridized carbons (Fsp3) is 1.00. The molecule has 0 aromatic heterocycles. The summed E-state index contributed by atoms with van der Waals surface area (Å²) in [4.78, 5) is 2.17. The van der Waals surface area contributed by atoms with Crippen LogP contribution in [0.2, 0.25) is 0 Å². The highest BCUT2D eigenvalue weighted by atomic mass is 19.4. The minimum atomic E-state index is -4.10. The highest BCUT2D eigenvalue weighted by molar-refractivity contribution is 4.81. The number of nitrogens with one attached hydrogen (secondary N) is 1. The van der Waals surface area contributed by atoms with E-state index >= 15 is 0 Å². The van der Waals surface area contributed by atoms with Crippen molar-refractivity contribution in [2.75, 3.05) is 20.1 Å².